The fourth-order valence-corrected chi connectivity index (χ4v) is 7.10. The van der Waals surface area contributed by atoms with Crippen molar-refractivity contribution in [1.82, 2.24) is 23.7 Å². The van der Waals surface area contributed by atoms with Gasteiger partial charge in [0.1, 0.15) is 12.0 Å². The maximum absolute atomic E-state index is 15.1. The molecule has 4 rings (SSSR count). The molecule has 1 aliphatic rings. The Kier molecular flexibility index (Phi) is 10.6. The van der Waals surface area contributed by atoms with Gasteiger partial charge in [0, 0.05) is 51.0 Å². The van der Waals surface area contributed by atoms with E-state index in [2.05, 4.69) is 4.57 Å². The maximum atomic E-state index is 15.1. The molecule has 0 aliphatic carbocycles. The number of aromatic nitrogens is 2. The average molecular weight is 613 g/mol. The SMILES string of the molecule is CCCS(=O)(=O)N1CCN(C(=O)N(C[C@@H](F)CN)[C@@H](c2nc(-c3ccccc3)cn2Cc2ccccc2)C(C)(C)C)CC1. The number of urea groups is 1. The summed E-state index contributed by atoms with van der Waals surface area (Å²) in [5.41, 5.74) is 7.97. The van der Waals surface area contributed by atoms with Crippen LogP contribution in [0.25, 0.3) is 11.3 Å². The summed E-state index contributed by atoms with van der Waals surface area (Å²) >= 11 is 0. The Morgan fingerprint density at radius 2 is 1.63 bits per heavy atom. The Labute approximate surface area is 255 Å². The number of carbonyl (C=O) groups is 1. The first-order chi connectivity index (χ1) is 20.4. The van der Waals surface area contributed by atoms with Gasteiger partial charge in [0.15, 0.2) is 0 Å². The van der Waals surface area contributed by atoms with Crippen LogP contribution in [0.4, 0.5) is 9.18 Å². The van der Waals surface area contributed by atoms with Gasteiger partial charge < -0.3 is 20.1 Å². The van der Waals surface area contributed by atoms with Gasteiger partial charge in [-0.15, -0.1) is 0 Å². The van der Waals surface area contributed by atoms with Gasteiger partial charge in [0.25, 0.3) is 0 Å². The van der Waals surface area contributed by atoms with Gasteiger partial charge in [-0.3, -0.25) is 0 Å². The van der Waals surface area contributed by atoms with Crippen molar-refractivity contribution in [2.75, 3.05) is 45.0 Å². The van der Waals surface area contributed by atoms with Crippen LogP contribution in [0.5, 0.6) is 0 Å². The van der Waals surface area contributed by atoms with Crippen molar-refractivity contribution in [3.63, 3.8) is 0 Å². The quantitative estimate of drug-likeness (QED) is 0.336. The van der Waals surface area contributed by atoms with E-state index in [0.29, 0.717) is 18.8 Å². The first-order valence-electron chi connectivity index (χ1n) is 15.0. The van der Waals surface area contributed by atoms with Crippen molar-refractivity contribution in [2.24, 2.45) is 11.1 Å². The highest BCUT2D eigenvalue weighted by atomic mass is 32.2. The number of sulfonamides is 1. The standard InChI is InChI=1S/C32H45FN6O3S/c1-5-20-43(41,42)38-18-16-36(17-19-38)31(40)39(23-27(33)21-34)29(32(2,3)4)30-35-28(26-14-10-7-11-15-26)24-37(30)22-25-12-8-6-9-13-25/h6-15,24,27,29H,5,16-23,34H2,1-4H3/t27-,29-/m0/s1. The molecule has 2 atom stereocenters. The van der Waals surface area contributed by atoms with Crippen molar-refractivity contribution in [3.8, 4) is 11.3 Å². The van der Waals surface area contributed by atoms with Gasteiger partial charge >= 0.3 is 6.03 Å². The van der Waals surface area contributed by atoms with E-state index in [9.17, 15) is 13.2 Å². The number of nitrogens with two attached hydrogens (primary N) is 1. The van der Waals surface area contributed by atoms with E-state index in [4.69, 9.17) is 10.7 Å². The van der Waals surface area contributed by atoms with Crippen molar-refractivity contribution in [2.45, 2.75) is 52.9 Å². The zero-order valence-corrected chi connectivity index (χ0v) is 26.5. The van der Waals surface area contributed by atoms with Gasteiger partial charge in [-0.1, -0.05) is 88.4 Å². The molecule has 2 N–H and O–H groups in total. The minimum Gasteiger partial charge on any atom is -0.328 e. The van der Waals surface area contributed by atoms with E-state index in [1.165, 1.54) is 4.31 Å². The third-order valence-corrected chi connectivity index (χ3v) is 9.79. The second kappa shape index (κ2) is 14.0. The lowest BCUT2D eigenvalue weighted by atomic mass is 9.84. The summed E-state index contributed by atoms with van der Waals surface area (Å²) in [4.78, 5) is 22.6. The third kappa shape index (κ3) is 8.01. The van der Waals surface area contributed by atoms with Gasteiger partial charge in [-0.05, 0) is 17.4 Å². The maximum Gasteiger partial charge on any atom is 0.320 e. The Hall–Kier alpha value is -3.28. The van der Waals surface area contributed by atoms with Crippen LogP contribution in [0.2, 0.25) is 0 Å². The number of halogens is 1. The molecule has 43 heavy (non-hydrogen) atoms. The molecule has 1 aliphatic heterocycles. The number of rotatable bonds is 11. The molecule has 2 aromatic carbocycles. The highest BCUT2D eigenvalue weighted by Gasteiger charge is 2.41. The summed E-state index contributed by atoms with van der Waals surface area (Å²) in [7, 11) is -3.38. The van der Waals surface area contributed by atoms with Crippen molar-refractivity contribution in [1.29, 1.82) is 0 Å². The van der Waals surface area contributed by atoms with E-state index in [1.54, 1.807) is 9.80 Å². The Balaban J connectivity index is 1.75. The summed E-state index contributed by atoms with van der Waals surface area (Å²) in [6, 6.07) is 18.9. The van der Waals surface area contributed by atoms with Crippen LogP contribution in [0.1, 0.15) is 51.5 Å². The van der Waals surface area contributed by atoms with Crippen LogP contribution in [0.3, 0.4) is 0 Å². The topological polar surface area (TPSA) is 105 Å². The molecule has 1 fully saturated rings. The first kappa shape index (κ1) is 32.6. The Morgan fingerprint density at radius 1 is 1.02 bits per heavy atom. The predicted octanol–water partition coefficient (Wildman–Crippen LogP) is 4.76. The number of piperazine rings is 1. The molecular weight excluding hydrogens is 567 g/mol. The largest absolute Gasteiger partial charge is 0.328 e. The number of carbonyl (C=O) groups excluding carboxylic acids is 1. The molecule has 0 saturated carbocycles. The highest BCUT2D eigenvalue weighted by molar-refractivity contribution is 7.89. The summed E-state index contributed by atoms with van der Waals surface area (Å²) in [6.45, 7) is 8.85. The lowest BCUT2D eigenvalue weighted by molar-refractivity contribution is 0.0615. The predicted molar refractivity (Wildman–Crippen MR) is 169 cm³/mol. The number of nitrogens with zero attached hydrogens (tertiary/aromatic N) is 5. The molecule has 11 heteroatoms. The van der Waals surface area contributed by atoms with Gasteiger partial charge in [0.05, 0.1) is 24.0 Å². The van der Waals surface area contributed by atoms with E-state index in [-0.39, 0.29) is 51.1 Å². The Morgan fingerprint density at radius 3 is 2.19 bits per heavy atom. The van der Waals surface area contributed by atoms with Crippen LogP contribution >= 0.6 is 0 Å². The number of alkyl halides is 1. The lowest BCUT2D eigenvalue weighted by Gasteiger charge is -2.44. The highest BCUT2D eigenvalue weighted by Crippen LogP contribution is 2.40. The zero-order valence-electron chi connectivity index (χ0n) is 25.7. The smallest absolute Gasteiger partial charge is 0.320 e. The van der Waals surface area contributed by atoms with Crippen LogP contribution in [-0.2, 0) is 16.6 Å². The molecule has 0 bridgehead atoms. The monoisotopic (exact) mass is 612 g/mol. The van der Waals surface area contributed by atoms with E-state index in [1.807, 2.05) is 94.6 Å². The normalized spacial score (nSPS) is 16.2. The molecule has 234 valence electrons. The summed E-state index contributed by atoms with van der Waals surface area (Å²) in [5, 5.41) is 0. The fraction of sp³-hybridized carbons (Fsp3) is 0.500. The zero-order chi connectivity index (χ0) is 31.2. The fourth-order valence-electron chi connectivity index (χ4n) is 5.61. The van der Waals surface area contributed by atoms with Crippen LogP contribution < -0.4 is 5.73 Å². The van der Waals surface area contributed by atoms with Crippen LogP contribution in [-0.4, -0.2) is 89.3 Å². The molecule has 0 unspecified atom stereocenters. The molecule has 9 nitrogen and oxygen atoms in total. The van der Waals surface area contributed by atoms with Gasteiger partial charge in [-0.2, -0.15) is 4.31 Å². The number of hydrogen-bond acceptors (Lipinski definition) is 5. The second-order valence-electron chi connectivity index (χ2n) is 12.2. The molecule has 3 aromatic rings. The van der Waals surface area contributed by atoms with Crippen LogP contribution in [0, 0.1) is 5.41 Å². The summed E-state index contributed by atoms with van der Waals surface area (Å²) < 4.78 is 43.9. The number of hydrogen-bond donors (Lipinski definition) is 1. The molecule has 0 spiro atoms. The van der Waals surface area contributed by atoms with Crippen molar-refractivity contribution < 1.29 is 17.6 Å². The molecule has 1 aromatic heterocycles. The number of amides is 2. The molecule has 2 heterocycles. The van der Waals surface area contributed by atoms with Crippen LogP contribution in [0.15, 0.2) is 66.9 Å². The Bertz CT molecular complexity index is 1430. The first-order valence-corrected chi connectivity index (χ1v) is 16.6. The number of benzene rings is 2. The average Bonchev–Trinajstić information content (AvgIpc) is 3.39. The second-order valence-corrected chi connectivity index (χ2v) is 14.3. The van der Waals surface area contributed by atoms with Gasteiger partial charge in [0.2, 0.25) is 10.0 Å². The minimum absolute atomic E-state index is 0.0764. The molecular formula is C32H45FN6O3S. The number of imidazole rings is 1. The van der Waals surface area contributed by atoms with E-state index >= 15 is 4.39 Å². The lowest BCUT2D eigenvalue weighted by Crippen LogP contribution is -2.57. The molecule has 1 saturated heterocycles. The third-order valence-electron chi connectivity index (χ3n) is 7.71. The van der Waals surface area contributed by atoms with Crippen molar-refractivity contribution >= 4 is 16.1 Å². The minimum atomic E-state index is -3.38. The van der Waals surface area contributed by atoms with Crippen molar-refractivity contribution in [3.05, 3.63) is 78.2 Å². The van der Waals surface area contributed by atoms with E-state index < -0.39 is 27.7 Å². The molecule has 2 amide bonds. The molecule has 0 radical (unpaired) electrons. The summed E-state index contributed by atoms with van der Waals surface area (Å²) in [5.74, 6) is 0.726. The van der Waals surface area contributed by atoms with E-state index in [0.717, 1.165) is 16.8 Å². The summed E-state index contributed by atoms with van der Waals surface area (Å²) in [6.07, 6.45) is 1.08. The van der Waals surface area contributed by atoms with Gasteiger partial charge in [-0.25, -0.2) is 22.6 Å².